The lowest BCUT2D eigenvalue weighted by Crippen LogP contribution is -2.12. The summed E-state index contributed by atoms with van der Waals surface area (Å²) >= 11 is 0.575. The van der Waals surface area contributed by atoms with E-state index >= 15 is 0 Å². The van der Waals surface area contributed by atoms with Gasteiger partial charge in [-0.2, -0.15) is 0 Å². The van der Waals surface area contributed by atoms with Crippen LogP contribution in [-0.4, -0.2) is 24.5 Å². The van der Waals surface area contributed by atoms with Crippen molar-refractivity contribution in [1.82, 2.24) is 10.2 Å². The predicted molar refractivity (Wildman–Crippen MR) is 96.6 cm³/mol. The Labute approximate surface area is 157 Å². The number of carbonyl (C=O) groups excluding carboxylic acids is 1. The fourth-order valence-corrected chi connectivity index (χ4v) is 4.23. The summed E-state index contributed by atoms with van der Waals surface area (Å²) in [7, 11) is -3.56. The van der Waals surface area contributed by atoms with Gasteiger partial charge in [0.05, 0.1) is 10.6 Å². The van der Waals surface area contributed by atoms with Gasteiger partial charge in [0.2, 0.25) is 5.13 Å². The summed E-state index contributed by atoms with van der Waals surface area (Å²) in [6.45, 7) is 0. The third-order valence-corrected chi connectivity index (χ3v) is 6.05. The summed E-state index contributed by atoms with van der Waals surface area (Å²) in [5.41, 5.74) is 0.613. The Hall–Kier alpha value is -2.72. The van der Waals surface area contributed by atoms with E-state index < -0.39 is 27.2 Å². The SMILES string of the molecule is O=C(Nc1nnc(C(F)F)s1)c1cccc(CS(=O)(=O)c2ccccc2)c1. The van der Waals surface area contributed by atoms with Crippen LogP contribution in [0.3, 0.4) is 0 Å². The van der Waals surface area contributed by atoms with Gasteiger partial charge in [-0.25, -0.2) is 17.2 Å². The number of alkyl halides is 2. The number of carbonyl (C=O) groups is 1. The second-order valence-corrected chi connectivity index (χ2v) is 8.47. The molecule has 0 saturated heterocycles. The quantitative estimate of drug-likeness (QED) is 0.671. The Morgan fingerprint density at radius 3 is 2.48 bits per heavy atom. The highest BCUT2D eigenvalue weighted by atomic mass is 32.2. The molecular formula is C17H13F2N3O3S2. The largest absolute Gasteiger partial charge is 0.296 e. The van der Waals surface area contributed by atoms with Crippen molar-refractivity contribution in [2.24, 2.45) is 0 Å². The second-order valence-electron chi connectivity index (χ2n) is 5.47. The van der Waals surface area contributed by atoms with Gasteiger partial charge in [0.25, 0.3) is 12.3 Å². The first-order valence-electron chi connectivity index (χ1n) is 7.65. The van der Waals surface area contributed by atoms with Crippen LogP contribution < -0.4 is 5.32 Å². The summed E-state index contributed by atoms with van der Waals surface area (Å²) in [6, 6.07) is 14.1. The summed E-state index contributed by atoms with van der Waals surface area (Å²) in [6.07, 6.45) is -2.76. The maximum atomic E-state index is 12.5. The second kappa shape index (κ2) is 7.89. The van der Waals surface area contributed by atoms with E-state index in [2.05, 4.69) is 15.5 Å². The van der Waals surface area contributed by atoms with Crippen molar-refractivity contribution in [3.05, 3.63) is 70.7 Å². The van der Waals surface area contributed by atoms with E-state index in [1.807, 2.05) is 0 Å². The average Bonchev–Trinajstić information content (AvgIpc) is 3.11. The van der Waals surface area contributed by atoms with Crippen LogP contribution in [-0.2, 0) is 15.6 Å². The minimum atomic E-state index is -3.56. The Kier molecular flexibility index (Phi) is 5.57. The predicted octanol–water partition coefficient (Wildman–Crippen LogP) is 3.70. The number of anilines is 1. The van der Waals surface area contributed by atoms with Crippen LogP contribution in [0.1, 0.15) is 27.4 Å². The van der Waals surface area contributed by atoms with Crippen LogP contribution >= 0.6 is 11.3 Å². The first kappa shape index (κ1) is 19.1. The molecule has 0 spiro atoms. The van der Waals surface area contributed by atoms with Crippen molar-refractivity contribution in [3.8, 4) is 0 Å². The van der Waals surface area contributed by atoms with Crippen molar-refractivity contribution >= 4 is 32.2 Å². The maximum absolute atomic E-state index is 12.5. The molecule has 3 rings (SSSR count). The Morgan fingerprint density at radius 1 is 1.07 bits per heavy atom. The Morgan fingerprint density at radius 2 is 1.81 bits per heavy atom. The van der Waals surface area contributed by atoms with E-state index in [9.17, 15) is 22.0 Å². The number of amides is 1. The molecule has 0 atom stereocenters. The zero-order valence-corrected chi connectivity index (χ0v) is 15.3. The van der Waals surface area contributed by atoms with Crippen LogP contribution in [0.15, 0.2) is 59.5 Å². The Bertz CT molecular complexity index is 1050. The number of nitrogens with zero attached hydrogens (tertiary/aromatic N) is 2. The summed E-state index contributed by atoms with van der Waals surface area (Å²) in [4.78, 5) is 12.5. The van der Waals surface area contributed by atoms with E-state index in [1.54, 1.807) is 30.3 Å². The molecule has 0 aliphatic carbocycles. The van der Waals surface area contributed by atoms with Gasteiger partial charge in [-0.1, -0.05) is 41.7 Å². The fraction of sp³-hybridized carbons (Fsp3) is 0.118. The van der Waals surface area contributed by atoms with Gasteiger partial charge in [0.15, 0.2) is 14.8 Å². The van der Waals surface area contributed by atoms with Crippen molar-refractivity contribution in [1.29, 1.82) is 0 Å². The fourth-order valence-electron chi connectivity index (χ4n) is 2.28. The number of rotatable bonds is 6. The van der Waals surface area contributed by atoms with Crippen molar-refractivity contribution in [2.75, 3.05) is 5.32 Å². The lowest BCUT2D eigenvalue weighted by Gasteiger charge is -2.07. The first-order chi connectivity index (χ1) is 12.8. The molecule has 27 heavy (non-hydrogen) atoms. The van der Waals surface area contributed by atoms with Crippen LogP contribution in [0.5, 0.6) is 0 Å². The zero-order chi connectivity index (χ0) is 19.4. The molecular weight excluding hydrogens is 396 g/mol. The monoisotopic (exact) mass is 409 g/mol. The first-order valence-corrected chi connectivity index (χ1v) is 10.1. The molecule has 1 heterocycles. The van der Waals surface area contributed by atoms with Crippen molar-refractivity contribution < 1.29 is 22.0 Å². The molecule has 0 aliphatic rings. The van der Waals surface area contributed by atoms with Gasteiger partial charge in [-0.05, 0) is 29.8 Å². The van der Waals surface area contributed by atoms with Crippen molar-refractivity contribution in [2.45, 2.75) is 17.1 Å². The van der Waals surface area contributed by atoms with E-state index in [-0.39, 0.29) is 21.3 Å². The van der Waals surface area contributed by atoms with Crippen LogP contribution in [0, 0.1) is 0 Å². The van der Waals surface area contributed by atoms with Gasteiger partial charge < -0.3 is 0 Å². The zero-order valence-electron chi connectivity index (χ0n) is 13.7. The van der Waals surface area contributed by atoms with E-state index in [1.165, 1.54) is 24.3 Å². The third-order valence-electron chi connectivity index (χ3n) is 3.50. The van der Waals surface area contributed by atoms with Gasteiger partial charge in [-0.3, -0.25) is 10.1 Å². The van der Waals surface area contributed by atoms with E-state index in [0.29, 0.717) is 16.9 Å². The molecule has 6 nitrogen and oxygen atoms in total. The minimum Gasteiger partial charge on any atom is -0.296 e. The van der Waals surface area contributed by atoms with Crippen LogP contribution in [0.2, 0.25) is 0 Å². The number of sulfone groups is 1. The molecule has 1 amide bonds. The number of nitrogens with one attached hydrogen (secondary N) is 1. The number of hydrogen-bond donors (Lipinski definition) is 1. The molecule has 0 aliphatic heterocycles. The molecule has 10 heteroatoms. The number of halogens is 2. The molecule has 1 aromatic heterocycles. The highest BCUT2D eigenvalue weighted by molar-refractivity contribution is 7.90. The average molecular weight is 409 g/mol. The molecule has 0 saturated carbocycles. The minimum absolute atomic E-state index is 0.0578. The lowest BCUT2D eigenvalue weighted by atomic mass is 10.1. The lowest BCUT2D eigenvalue weighted by molar-refractivity contribution is 0.102. The Balaban J connectivity index is 1.75. The summed E-state index contributed by atoms with van der Waals surface area (Å²) in [5, 5.41) is 8.60. The van der Waals surface area contributed by atoms with Gasteiger partial charge >= 0.3 is 0 Å². The highest BCUT2D eigenvalue weighted by Gasteiger charge is 2.18. The maximum Gasteiger partial charge on any atom is 0.291 e. The molecule has 0 fully saturated rings. The van der Waals surface area contributed by atoms with Crippen LogP contribution in [0.25, 0.3) is 0 Å². The van der Waals surface area contributed by atoms with Gasteiger partial charge in [-0.15, -0.1) is 10.2 Å². The number of hydrogen-bond acceptors (Lipinski definition) is 6. The topological polar surface area (TPSA) is 89.0 Å². The smallest absolute Gasteiger partial charge is 0.291 e. The summed E-state index contributed by atoms with van der Waals surface area (Å²) < 4.78 is 50.0. The third kappa shape index (κ3) is 4.72. The molecule has 140 valence electrons. The van der Waals surface area contributed by atoms with Gasteiger partial charge in [0.1, 0.15) is 0 Å². The molecule has 0 bridgehead atoms. The highest BCUT2D eigenvalue weighted by Crippen LogP contribution is 2.25. The summed E-state index contributed by atoms with van der Waals surface area (Å²) in [5.74, 6) is -0.863. The molecule has 0 radical (unpaired) electrons. The standard InChI is InChI=1S/C17H13F2N3O3S2/c18-14(19)16-21-22-17(26-16)20-15(23)12-6-4-5-11(9-12)10-27(24,25)13-7-2-1-3-8-13/h1-9,14H,10H2,(H,20,22,23). The number of benzene rings is 2. The normalized spacial score (nSPS) is 11.5. The van der Waals surface area contributed by atoms with E-state index in [4.69, 9.17) is 0 Å². The van der Waals surface area contributed by atoms with E-state index in [0.717, 1.165) is 0 Å². The van der Waals surface area contributed by atoms with Crippen molar-refractivity contribution in [3.63, 3.8) is 0 Å². The molecule has 2 aromatic carbocycles. The molecule has 1 N–H and O–H groups in total. The molecule has 0 unspecified atom stereocenters. The van der Waals surface area contributed by atoms with Crippen LogP contribution in [0.4, 0.5) is 13.9 Å². The number of aromatic nitrogens is 2. The van der Waals surface area contributed by atoms with Gasteiger partial charge in [0, 0.05) is 5.56 Å². The molecule has 3 aromatic rings.